The summed E-state index contributed by atoms with van der Waals surface area (Å²) in [7, 11) is -2.21. The zero-order chi connectivity index (χ0) is 21.8. The third-order valence-corrected chi connectivity index (χ3v) is 6.89. The summed E-state index contributed by atoms with van der Waals surface area (Å²) in [6.07, 6.45) is 4.17. The van der Waals surface area contributed by atoms with Gasteiger partial charge in [0.1, 0.15) is 5.52 Å². The van der Waals surface area contributed by atoms with Crippen LogP contribution in [0.5, 0.6) is 11.6 Å². The van der Waals surface area contributed by atoms with Crippen LogP contribution in [-0.4, -0.2) is 41.5 Å². The Kier molecular flexibility index (Phi) is 4.96. The van der Waals surface area contributed by atoms with Gasteiger partial charge in [-0.15, -0.1) is 0 Å². The van der Waals surface area contributed by atoms with Gasteiger partial charge in [-0.1, -0.05) is 29.3 Å². The first-order valence-corrected chi connectivity index (χ1v) is 11.4. The lowest BCUT2D eigenvalue weighted by Crippen LogP contribution is -2.25. The van der Waals surface area contributed by atoms with E-state index in [1.807, 2.05) is 0 Å². The molecule has 2 N–H and O–H groups in total. The highest BCUT2D eigenvalue weighted by molar-refractivity contribution is 7.92. The molecule has 0 saturated carbocycles. The Morgan fingerprint density at radius 3 is 2.53 bits per heavy atom. The van der Waals surface area contributed by atoms with Gasteiger partial charge in [-0.05, 0) is 29.8 Å². The minimum Gasteiger partial charge on any atom is -0.505 e. The third kappa shape index (κ3) is 3.30. The van der Waals surface area contributed by atoms with Crippen LogP contribution in [0.1, 0.15) is 5.56 Å². The highest BCUT2D eigenvalue weighted by Crippen LogP contribution is 2.46. The first-order chi connectivity index (χ1) is 14.1. The summed E-state index contributed by atoms with van der Waals surface area (Å²) in [6, 6.07) is 8.42. The molecule has 0 atom stereocenters. The molecule has 0 spiro atoms. The number of sulfonamides is 1. The number of rotatable bonds is 4. The molecule has 156 valence electrons. The van der Waals surface area contributed by atoms with Crippen LogP contribution in [0.4, 0.5) is 5.69 Å². The number of aromatic nitrogens is 2. The molecular formula is C20H17Cl2N3O4S. The Hall–Kier alpha value is -2.68. The second-order valence-electron chi connectivity index (χ2n) is 6.95. The quantitative estimate of drug-likeness (QED) is 0.466. The van der Waals surface area contributed by atoms with Crippen molar-refractivity contribution in [2.75, 3.05) is 17.6 Å². The van der Waals surface area contributed by atoms with Crippen LogP contribution in [0.25, 0.3) is 21.7 Å². The van der Waals surface area contributed by atoms with Crippen molar-refractivity contribution in [1.82, 2.24) is 9.55 Å². The lowest BCUT2D eigenvalue weighted by molar-refractivity contribution is 0.425. The van der Waals surface area contributed by atoms with Gasteiger partial charge in [-0.3, -0.25) is 9.29 Å². The molecule has 0 bridgehead atoms. The number of nitrogens with zero attached hydrogens (tertiary/aromatic N) is 3. The smallest absolute Gasteiger partial charge is 0.232 e. The van der Waals surface area contributed by atoms with Crippen LogP contribution >= 0.6 is 23.2 Å². The number of pyridine rings is 1. The Morgan fingerprint density at radius 2 is 1.87 bits per heavy atom. The van der Waals surface area contributed by atoms with Crippen LogP contribution < -0.4 is 4.31 Å². The highest BCUT2D eigenvalue weighted by Gasteiger charge is 2.25. The Bertz CT molecular complexity index is 1420. The van der Waals surface area contributed by atoms with Crippen LogP contribution in [0.15, 0.2) is 42.7 Å². The van der Waals surface area contributed by atoms with Crippen LogP contribution in [0.3, 0.4) is 0 Å². The number of fused-ring (bicyclic) bond motifs is 2. The first-order valence-electron chi connectivity index (χ1n) is 8.79. The zero-order valence-electron chi connectivity index (χ0n) is 16.0. The molecule has 0 unspecified atom stereocenters. The van der Waals surface area contributed by atoms with Crippen molar-refractivity contribution in [3.8, 4) is 11.6 Å². The van der Waals surface area contributed by atoms with Gasteiger partial charge in [0.15, 0.2) is 5.75 Å². The van der Waals surface area contributed by atoms with Gasteiger partial charge in [0.2, 0.25) is 15.9 Å². The van der Waals surface area contributed by atoms with E-state index in [0.717, 1.165) is 16.1 Å². The molecule has 4 aromatic rings. The van der Waals surface area contributed by atoms with Crippen molar-refractivity contribution in [3.63, 3.8) is 0 Å². The van der Waals surface area contributed by atoms with Crippen LogP contribution in [-0.2, 0) is 16.6 Å². The van der Waals surface area contributed by atoms with Gasteiger partial charge >= 0.3 is 0 Å². The molecular weight excluding hydrogens is 449 g/mol. The SMILES string of the molecule is CN(c1c2cccnc2c(O)c2c(O)n(Cc3ccc(Cl)c(Cl)c3)cc12)S(C)(=O)=O. The summed E-state index contributed by atoms with van der Waals surface area (Å²) in [4.78, 5) is 4.19. The lowest BCUT2D eigenvalue weighted by Gasteiger charge is -2.20. The molecule has 0 fully saturated rings. The summed E-state index contributed by atoms with van der Waals surface area (Å²) in [5.41, 5.74) is 1.27. The maximum absolute atomic E-state index is 12.3. The summed E-state index contributed by atoms with van der Waals surface area (Å²) >= 11 is 12.1. The molecule has 10 heteroatoms. The van der Waals surface area contributed by atoms with E-state index in [4.69, 9.17) is 23.2 Å². The predicted molar refractivity (Wildman–Crippen MR) is 119 cm³/mol. The van der Waals surface area contributed by atoms with Crippen molar-refractivity contribution in [3.05, 3.63) is 58.3 Å². The number of benzene rings is 2. The van der Waals surface area contributed by atoms with Gasteiger partial charge in [-0.25, -0.2) is 8.42 Å². The van der Waals surface area contributed by atoms with E-state index in [-0.39, 0.29) is 29.1 Å². The van der Waals surface area contributed by atoms with Crippen molar-refractivity contribution in [1.29, 1.82) is 0 Å². The first kappa shape index (κ1) is 20.6. The lowest BCUT2D eigenvalue weighted by atomic mass is 10.1. The largest absolute Gasteiger partial charge is 0.505 e. The number of aromatic hydroxyl groups is 2. The van der Waals surface area contributed by atoms with Crippen molar-refractivity contribution >= 4 is 60.6 Å². The van der Waals surface area contributed by atoms with E-state index in [0.29, 0.717) is 26.5 Å². The Balaban J connectivity index is 2.02. The summed E-state index contributed by atoms with van der Waals surface area (Å²) in [6.45, 7) is 0.225. The normalized spacial score (nSPS) is 12.0. The molecule has 30 heavy (non-hydrogen) atoms. The Labute approximate surface area is 182 Å². The fraction of sp³-hybridized carbons (Fsp3) is 0.150. The molecule has 0 saturated heterocycles. The fourth-order valence-electron chi connectivity index (χ4n) is 3.47. The maximum Gasteiger partial charge on any atom is 0.232 e. The summed E-state index contributed by atoms with van der Waals surface area (Å²) < 4.78 is 27.2. The zero-order valence-corrected chi connectivity index (χ0v) is 18.3. The highest BCUT2D eigenvalue weighted by atomic mass is 35.5. The monoisotopic (exact) mass is 465 g/mol. The number of hydrogen-bond donors (Lipinski definition) is 2. The molecule has 4 rings (SSSR count). The number of phenolic OH excluding ortho intramolecular Hbond substituents is 1. The minimum absolute atomic E-state index is 0.117. The molecule has 0 radical (unpaired) electrons. The fourth-order valence-corrected chi connectivity index (χ4v) is 4.32. The molecule has 7 nitrogen and oxygen atoms in total. The number of phenols is 1. The van der Waals surface area contributed by atoms with E-state index in [1.54, 1.807) is 36.5 Å². The van der Waals surface area contributed by atoms with Crippen LogP contribution in [0, 0.1) is 0 Å². The van der Waals surface area contributed by atoms with E-state index >= 15 is 0 Å². The second-order valence-corrected chi connectivity index (χ2v) is 9.77. The predicted octanol–water partition coefficient (Wildman–Crippen LogP) is 4.35. The molecule has 2 aromatic heterocycles. The second kappa shape index (κ2) is 7.23. The van der Waals surface area contributed by atoms with Crippen molar-refractivity contribution in [2.45, 2.75) is 6.54 Å². The van der Waals surface area contributed by atoms with Gasteiger partial charge in [0, 0.05) is 30.2 Å². The average molecular weight is 466 g/mol. The van der Waals surface area contributed by atoms with E-state index in [9.17, 15) is 18.6 Å². The molecule has 0 aliphatic rings. The number of halogens is 2. The standard InChI is InChI=1S/C20H17Cl2N3O4S/c1-24(30(2,28)29)18-12-4-3-7-23-17(12)19(26)16-13(18)10-25(20(16)27)9-11-5-6-14(21)15(22)8-11/h3-8,10,26-27H,9H2,1-2H3. The van der Waals surface area contributed by atoms with E-state index in [2.05, 4.69) is 4.98 Å². The number of hydrogen-bond acceptors (Lipinski definition) is 5. The van der Waals surface area contributed by atoms with Gasteiger partial charge < -0.3 is 14.8 Å². The van der Waals surface area contributed by atoms with E-state index in [1.165, 1.54) is 17.8 Å². The molecule has 0 aliphatic heterocycles. The van der Waals surface area contributed by atoms with Gasteiger partial charge in [0.05, 0.1) is 33.9 Å². The summed E-state index contributed by atoms with van der Waals surface area (Å²) in [5, 5.41) is 23.4. The molecule has 0 amide bonds. The average Bonchev–Trinajstić information content (AvgIpc) is 3.00. The Morgan fingerprint density at radius 1 is 1.13 bits per heavy atom. The molecule has 2 heterocycles. The molecule has 2 aromatic carbocycles. The van der Waals surface area contributed by atoms with Crippen LogP contribution in [0.2, 0.25) is 10.0 Å². The van der Waals surface area contributed by atoms with Crippen molar-refractivity contribution in [2.24, 2.45) is 0 Å². The van der Waals surface area contributed by atoms with Crippen molar-refractivity contribution < 1.29 is 18.6 Å². The maximum atomic E-state index is 12.3. The van der Waals surface area contributed by atoms with Gasteiger partial charge in [0.25, 0.3) is 0 Å². The third-order valence-electron chi connectivity index (χ3n) is 4.98. The number of anilines is 1. The van der Waals surface area contributed by atoms with Gasteiger partial charge in [-0.2, -0.15) is 0 Å². The minimum atomic E-state index is -3.62. The van der Waals surface area contributed by atoms with E-state index < -0.39 is 10.0 Å². The topological polar surface area (TPSA) is 95.7 Å². The molecule has 0 aliphatic carbocycles. The summed E-state index contributed by atoms with van der Waals surface area (Å²) in [5.74, 6) is -0.444.